The maximum Gasteiger partial charge on any atom is 0.238 e. The molecule has 4 aromatic heterocycles. The Kier molecular flexibility index (Phi) is 8.35. The van der Waals surface area contributed by atoms with Crippen LogP contribution in [0.2, 0.25) is 0 Å². The van der Waals surface area contributed by atoms with Crippen molar-refractivity contribution in [3.05, 3.63) is 212 Å². The highest BCUT2D eigenvalue weighted by Gasteiger charge is 2.25. The van der Waals surface area contributed by atoms with Gasteiger partial charge in [-0.3, -0.25) is 4.57 Å². The zero-order valence-corrected chi connectivity index (χ0v) is 33.3. The Morgan fingerprint density at radius 3 is 1.27 bits per heavy atom. The Morgan fingerprint density at radius 2 is 0.710 bits per heavy atom. The van der Waals surface area contributed by atoms with Gasteiger partial charge in [0, 0.05) is 49.4 Å². The molecule has 0 spiro atoms. The van der Waals surface area contributed by atoms with E-state index in [1.807, 2.05) is 97.1 Å². The molecule has 0 N–H and O–H groups in total. The minimum absolute atomic E-state index is 0.539. The van der Waals surface area contributed by atoms with E-state index in [-0.39, 0.29) is 0 Å². The zero-order valence-electron chi connectivity index (χ0n) is 33.3. The topological polar surface area (TPSA) is 74.3 Å². The Hall–Kier alpha value is -8.55. The van der Waals surface area contributed by atoms with Crippen LogP contribution in [0.15, 0.2) is 212 Å². The highest BCUT2D eigenvalue weighted by atomic mass is 15.2. The molecular formula is C55H35N7. The van der Waals surface area contributed by atoms with Gasteiger partial charge < -0.3 is 4.57 Å². The second-order valence-electron chi connectivity index (χ2n) is 15.3. The number of para-hydroxylation sites is 3. The third-order valence-electron chi connectivity index (χ3n) is 11.6. The lowest BCUT2D eigenvalue weighted by Crippen LogP contribution is -2.07. The number of aromatic nitrogens is 7. The first kappa shape index (κ1) is 35.4. The maximum atomic E-state index is 5.31. The fraction of sp³-hybridized carbons (Fsp3) is 0. The van der Waals surface area contributed by atoms with Crippen molar-refractivity contribution in [1.29, 1.82) is 0 Å². The van der Waals surface area contributed by atoms with E-state index in [0.717, 1.165) is 88.5 Å². The van der Waals surface area contributed by atoms with Crippen LogP contribution < -0.4 is 0 Å². The van der Waals surface area contributed by atoms with Gasteiger partial charge in [0.05, 0.1) is 39.1 Å². The number of fused-ring (bicyclic) bond motifs is 7. The highest BCUT2D eigenvalue weighted by molar-refractivity contribution is 6.24. The zero-order chi connectivity index (χ0) is 41.0. The predicted octanol–water partition coefficient (Wildman–Crippen LogP) is 13.2. The smallest absolute Gasteiger partial charge is 0.238 e. The Labute approximate surface area is 356 Å². The van der Waals surface area contributed by atoms with Gasteiger partial charge in [-0.25, -0.2) is 15.0 Å². The van der Waals surface area contributed by atoms with E-state index < -0.39 is 0 Å². The Bertz CT molecular complexity index is 3500. The van der Waals surface area contributed by atoms with E-state index in [1.165, 1.54) is 0 Å². The third-order valence-corrected chi connectivity index (χ3v) is 11.6. The number of benzene rings is 8. The van der Waals surface area contributed by atoms with Crippen LogP contribution in [0.3, 0.4) is 0 Å². The van der Waals surface area contributed by atoms with Gasteiger partial charge in [0.1, 0.15) is 0 Å². The molecule has 8 aromatic carbocycles. The average Bonchev–Trinajstić information content (AvgIpc) is 3.88. The summed E-state index contributed by atoms with van der Waals surface area (Å²) in [5, 5.41) is 4.45. The van der Waals surface area contributed by atoms with Crippen molar-refractivity contribution in [2.45, 2.75) is 0 Å². The van der Waals surface area contributed by atoms with Gasteiger partial charge in [-0.2, -0.15) is 9.97 Å². The lowest BCUT2D eigenvalue weighted by Gasteiger charge is -2.16. The SMILES string of the molecule is c1ccc(-c2cc(-c3ccccc3-n3c4ccccc4c4ccc5c6ccccc6n(-c6nc(-c7ccccc7)nc(-c7ccccc7)n6)c5c43)nc(-c3ccccc3)n2)cc1. The molecule has 0 aliphatic rings. The summed E-state index contributed by atoms with van der Waals surface area (Å²) in [6.07, 6.45) is 0. The summed E-state index contributed by atoms with van der Waals surface area (Å²) in [4.78, 5) is 26.1. The number of hydrogen-bond donors (Lipinski definition) is 0. The Morgan fingerprint density at radius 1 is 0.290 bits per heavy atom. The van der Waals surface area contributed by atoms with Crippen LogP contribution in [0.25, 0.3) is 112 Å². The first-order valence-electron chi connectivity index (χ1n) is 20.7. The molecule has 7 heteroatoms. The monoisotopic (exact) mass is 793 g/mol. The molecule has 0 aliphatic heterocycles. The van der Waals surface area contributed by atoms with E-state index in [0.29, 0.717) is 23.4 Å². The van der Waals surface area contributed by atoms with Crippen LogP contribution in [0, 0.1) is 0 Å². The van der Waals surface area contributed by atoms with Gasteiger partial charge in [0.2, 0.25) is 5.95 Å². The summed E-state index contributed by atoms with van der Waals surface area (Å²) in [7, 11) is 0. The van der Waals surface area contributed by atoms with Crippen molar-refractivity contribution in [2.75, 3.05) is 0 Å². The van der Waals surface area contributed by atoms with Crippen LogP contribution in [0.4, 0.5) is 0 Å². The maximum absolute atomic E-state index is 5.31. The fourth-order valence-corrected chi connectivity index (χ4v) is 8.80. The van der Waals surface area contributed by atoms with Gasteiger partial charge in [-0.15, -0.1) is 0 Å². The van der Waals surface area contributed by atoms with E-state index in [4.69, 9.17) is 24.9 Å². The van der Waals surface area contributed by atoms with Gasteiger partial charge in [-0.05, 0) is 24.3 Å². The highest BCUT2D eigenvalue weighted by Crippen LogP contribution is 2.43. The molecule has 62 heavy (non-hydrogen) atoms. The first-order valence-corrected chi connectivity index (χ1v) is 20.7. The first-order chi connectivity index (χ1) is 30.8. The van der Waals surface area contributed by atoms with E-state index >= 15 is 0 Å². The van der Waals surface area contributed by atoms with Crippen LogP contribution in [0.5, 0.6) is 0 Å². The molecule has 7 nitrogen and oxygen atoms in total. The third kappa shape index (κ3) is 5.86. The van der Waals surface area contributed by atoms with E-state index in [1.54, 1.807) is 0 Å². The van der Waals surface area contributed by atoms with Crippen LogP contribution in [0.1, 0.15) is 0 Å². The summed E-state index contributed by atoms with van der Waals surface area (Å²) in [5.74, 6) is 2.41. The molecule has 0 saturated carbocycles. The number of rotatable bonds is 7. The van der Waals surface area contributed by atoms with Crippen LogP contribution in [-0.4, -0.2) is 34.1 Å². The summed E-state index contributed by atoms with van der Waals surface area (Å²) in [6.45, 7) is 0. The fourth-order valence-electron chi connectivity index (χ4n) is 8.80. The summed E-state index contributed by atoms with van der Waals surface area (Å²) in [5.41, 5.74) is 11.6. The predicted molar refractivity (Wildman–Crippen MR) is 251 cm³/mol. The standard InChI is InChI=1S/C55H35N7/c1-5-19-36(20-6-1)45-35-46(57-52(56-45)37-21-7-2-8-22-37)44-29-15-18-32-49(44)61-47-30-16-13-27-40(47)42-33-34-43-41-28-14-17-31-48(41)62(51(43)50(42)61)55-59-53(38-23-9-3-10-24-38)58-54(60-55)39-25-11-4-12-26-39/h1-35H. The molecule has 290 valence electrons. The van der Waals surface area contributed by atoms with Gasteiger partial charge in [0.25, 0.3) is 0 Å². The number of nitrogens with zero attached hydrogens (tertiary/aromatic N) is 7. The second kappa shape index (κ2) is 14.6. The normalized spacial score (nSPS) is 11.5. The van der Waals surface area contributed by atoms with Crippen molar-refractivity contribution < 1.29 is 0 Å². The van der Waals surface area contributed by atoms with Crippen molar-refractivity contribution >= 4 is 43.6 Å². The van der Waals surface area contributed by atoms with Crippen LogP contribution in [-0.2, 0) is 0 Å². The summed E-state index contributed by atoms with van der Waals surface area (Å²) in [6, 6.07) is 73.2. The molecule has 0 radical (unpaired) electrons. The van der Waals surface area contributed by atoms with Crippen molar-refractivity contribution in [2.24, 2.45) is 0 Å². The molecule has 0 amide bonds. The van der Waals surface area contributed by atoms with Crippen LogP contribution >= 0.6 is 0 Å². The van der Waals surface area contributed by atoms with Gasteiger partial charge in [0.15, 0.2) is 17.5 Å². The minimum Gasteiger partial charge on any atom is -0.306 e. The molecule has 0 unspecified atom stereocenters. The van der Waals surface area contributed by atoms with Gasteiger partial charge >= 0.3 is 0 Å². The number of hydrogen-bond acceptors (Lipinski definition) is 5. The molecular weight excluding hydrogens is 759 g/mol. The summed E-state index contributed by atoms with van der Waals surface area (Å²) < 4.78 is 4.64. The van der Waals surface area contributed by atoms with Crippen molar-refractivity contribution in [3.63, 3.8) is 0 Å². The molecule has 0 atom stereocenters. The van der Waals surface area contributed by atoms with E-state index in [2.05, 4.69) is 124 Å². The largest absolute Gasteiger partial charge is 0.306 e. The quantitative estimate of drug-likeness (QED) is 0.161. The Balaban J connectivity index is 1.19. The second-order valence-corrected chi connectivity index (χ2v) is 15.3. The van der Waals surface area contributed by atoms with Crippen molar-refractivity contribution in [1.82, 2.24) is 34.1 Å². The lowest BCUT2D eigenvalue weighted by atomic mass is 10.0. The summed E-state index contributed by atoms with van der Waals surface area (Å²) >= 11 is 0. The molecule has 12 aromatic rings. The molecule has 0 aliphatic carbocycles. The molecule has 4 heterocycles. The molecule has 12 rings (SSSR count). The molecule has 0 bridgehead atoms. The van der Waals surface area contributed by atoms with Crippen molar-refractivity contribution in [3.8, 4) is 68.3 Å². The molecule has 0 saturated heterocycles. The average molecular weight is 794 g/mol. The van der Waals surface area contributed by atoms with Gasteiger partial charge in [-0.1, -0.05) is 188 Å². The molecule has 0 fully saturated rings. The van der Waals surface area contributed by atoms with E-state index in [9.17, 15) is 0 Å². The minimum atomic E-state index is 0.539. The lowest BCUT2D eigenvalue weighted by molar-refractivity contribution is 0.953.